The fourth-order valence-electron chi connectivity index (χ4n) is 1.25. The van der Waals surface area contributed by atoms with Gasteiger partial charge in [0.25, 0.3) is 5.91 Å². The first kappa shape index (κ1) is 15.8. The lowest BCUT2D eigenvalue weighted by molar-refractivity contribution is -0.115. The maximum atomic E-state index is 11.5. The van der Waals surface area contributed by atoms with E-state index >= 15 is 0 Å². The van der Waals surface area contributed by atoms with Gasteiger partial charge in [0.2, 0.25) is 0 Å². The lowest BCUT2D eigenvalue weighted by atomic mass is 10.2. The first-order valence-corrected chi connectivity index (χ1v) is 8.26. The minimum Gasteiger partial charge on any atom is -0.272 e. The Morgan fingerprint density at radius 1 is 1.32 bits per heavy atom. The lowest BCUT2D eigenvalue weighted by Gasteiger charge is -2.12. The van der Waals surface area contributed by atoms with Gasteiger partial charge in [-0.25, -0.2) is 5.01 Å². The highest BCUT2D eigenvalue weighted by molar-refractivity contribution is 8.13. The van der Waals surface area contributed by atoms with Crippen molar-refractivity contribution in [2.75, 3.05) is 25.3 Å². The summed E-state index contributed by atoms with van der Waals surface area (Å²) >= 11 is 2.86. The average Bonchev–Trinajstić information content (AvgIpc) is 2.43. The second-order valence-electron chi connectivity index (χ2n) is 3.60. The molecular weight excluding hydrogens is 278 g/mol. The molecule has 0 unspecified atom stereocenters. The Labute approximate surface area is 122 Å². The fraction of sp³-hybridized carbons (Fsp3) is 0.308. The van der Waals surface area contributed by atoms with E-state index in [0.717, 1.165) is 5.56 Å². The first-order chi connectivity index (χ1) is 9.17. The van der Waals surface area contributed by atoms with Crippen LogP contribution in [-0.4, -0.2) is 47.6 Å². The van der Waals surface area contributed by atoms with Gasteiger partial charge >= 0.3 is 0 Å². The third kappa shape index (κ3) is 5.94. The van der Waals surface area contributed by atoms with E-state index in [4.69, 9.17) is 0 Å². The zero-order valence-corrected chi connectivity index (χ0v) is 12.9. The van der Waals surface area contributed by atoms with E-state index < -0.39 is 0 Å². The zero-order valence-electron chi connectivity index (χ0n) is 11.2. The summed E-state index contributed by atoms with van der Waals surface area (Å²) in [6.45, 7) is 0. The van der Waals surface area contributed by atoms with Crippen molar-refractivity contribution in [2.24, 2.45) is 10.1 Å². The molecule has 0 radical (unpaired) electrons. The SMILES string of the molecule is CSCC(=O)N=C(SC)N(C)N=Cc1ccccc1. The third-order valence-corrected chi connectivity index (χ3v) is 3.38. The van der Waals surface area contributed by atoms with Gasteiger partial charge in [-0.2, -0.15) is 21.9 Å². The van der Waals surface area contributed by atoms with Gasteiger partial charge in [0.05, 0.1) is 12.0 Å². The molecule has 0 aliphatic rings. The van der Waals surface area contributed by atoms with Crippen LogP contribution in [0, 0.1) is 0 Å². The van der Waals surface area contributed by atoms with Crippen molar-refractivity contribution >= 4 is 40.8 Å². The molecule has 102 valence electrons. The number of carbonyl (C=O) groups excluding carboxylic acids is 1. The highest BCUT2D eigenvalue weighted by atomic mass is 32.2. The van der Waals surface area contributed by atoms with Crippen LogP contribution in [0.3, 0.4) is 0 Å². The van der Waals surface area contributed by atoms with Crippen molar-refractivity contribution in [1.82, 2.24) is 5.01 Å². The molecule has 0 aliphatic heterocycles. The number of carbonyl (C=O) groups is 1. The quantitative estimate of drug-likeness (QED) is 0.486. The number of thioether (sulfide) groups is 2. The Bertz CT molecular complexity index is 460. The highest BCUT2D eigenvalue weighted by Gasteiger charge is 2.06. The van der Waals surface area contributed by atoms with Crippen molar-refractivity contribution in [2.45, 2.75) is 0 Å². The number of hydrogen-bond acceptors (Lipinski definition) is 4. The summed E-state index contributed by atoms with van der Waals surface area (Å²) in [6.07, 6.45) is 5.49. The maximum Gasteiger partial charge on any atom is 0.258 e. The van der Waals surface area contributed by atoms with Crippen LogP contribution < -0.4 is 0 Å². The molecule has 0 saturated heterocycles. The van der Waals surface area contributed by atoms with E-state index in [0.29, 0.717) is 10.9 Å². The topological polar surface area (TPSA) is 45.0 Å². The molecule has 0 fully saturated rings. The summed E-state index contributed by atoms with van der Waals surface area (Å²) in [4.78, 5) is 15.5. The number of rotatable bonds is 4. The smallest absolute Gasteiger partial charge is 0.258 e. The summed E-state index contributed by atoms with van der Waals surface area (Å²) in [7, 11) is 1.78. The van der Waals surface area contributed by atoms with Gasteiger partial charge in [0.1, 0.15) is 0 Å². The molecule has 0 atom stereocenters. The van der Waals surface area contributed by atoms with Crippen LogP contribution in [0.5, 0.6) is 0 Å². The van der Waals surface area contributed by atoms with Crippen molar-refractivity contribution in [1.29, 1.82) is 0 Å². The van der Waals surface area contributed by atoms with E-state index in [1.807, 2.05) is 42.8 Å². The monoisotopic (exact) mass is 295 g/mol. The van der Waals surface area contributed by atoms with Crippen LogP contribution in [-0.2, 0) is 4.79 Å². The Morgan fingerprint density at radius 2 is 2.00 bits per heavy atom. The molecular formula is C13H17N3OS2. The first-order valence-electron chi connectivity index (χ1n) is 5.64. The van der Waals surface area contributed by atoms with Crippen LogP contribution in [0.25, 0.3) is 0 Å². The fourth-order valence-corrected chi connectivity index (χ4v) is 2.07. The number of hydrazone groups is 1. The number of hydrogen-bond donors (Lipinski definition) is 0. The average molecular weight is 295 g/mol. The van der Waals surface area contributed by atoms with E-state index in [1.54, 1.807) is 18.3 Å². The van der Waals surface area contributed by atoms with E-state index in [2.05, 4.69) is 10.1 Å². The minimum absolute atomic E-state index is 0.140. The molecule has 0 bridgehead atoms. The number of nitrogens with zero attached hydrogens (tertiary/aromatic N) is 3. The number of amides is 1. The second-order valence-corrected chi connectivity index (χ2v) is 5.24. The summed E-state index contributed by atoms with van der Waals surface area (Å²) < 4.78 is 0. The van der Waals surface area contributed by atoms with Crippen LogP contribution in [0.15, 0.2) is 40.4 Å². The molecule has 0 N–H and O–H groups in total. The zero-order chi connectivity index (χ0) is 14.1. The van der Waals surface area contributed by atoms with Gasteiger partial charge in [0.15, 0.2) is 5.17 Å². The minimum atomic E-state index is -0.140. The van der Waals surface area contributed by atoms with Gasteiger partial charge in [-0.3, -0.25) is 4.79 Å². The molecule has 0 spiro atoms. The molecule has 0 aliphatic carbocycles. The predicted octanol–water partition coefficient (Wildman–Crippen LogP) is 2.56. The Hall–Kier alpha value is -1.27. The van der Waals surface area contributed by atoms with Crippen LogP contribution >= 0.6 is 23.5 Å². The molecule has 0 saturated carbocycles. The van der Waals surface area contributed by atoms with E-state index in [1.165, 1.54) is 23.5 Å². The summed E-state index contributed by atoms with van der Waals surface area (Å²) in [5, 5.41) is 6.47. The molecule has 1 amide bonds. The summed E-state index contributed by atoms with van der Waals surface area (Å²) in [5.41, 5.74) is 1.00. The van der Waals surface area contributed by atoms with E-state index in [9.17, 15) is 4.79 Å². The van der Waals surface area contributed by atoms with E-state index in [-0.39, 0.29) is 5.91 Å². The lowest BCUT2D eigenvalue weighted by Crippen LogP contribution is -2.20. The van der Waals surface area contributed by atoms with Crippen molar-refractivity contribution < 1.29 is 4.79 Å². The summed E-state index contributed by atoms with van der Waals surface area (Å²) in [5.74, 6) is 0.249. The molecule has 0 heterocycles. The van der Waals surface area contributed by atoms with Gasteiger partial charge < -0.3 is 0 Å². The highest BCUT2D eigenvalue weighted by Crippen LogP contribution is 2.06. The van der Waals surface area contributed by atoms with Crippen molar-refractivity contribution in [3.63, 3.8) is 0 Å². The van der Waals surface area contributed by atoms with Crippen molar-refractivity contribution in [3.8, 4) is 0 Å². The second kappa shape index (κ2) is 8.77. The molecule has 1 aromatic rings. The van der Waals surface area contributed by atoms with Gasteiger partial charge in [0, 0.05) is 7.05 Å². The molecule has 19 heavy (non-hydrogen) atoms. The number of amidine groups is 1. The molecule has 6 heteroatoms. The standard InChI is InChI=1S/C13H17N3OS2/c1-16(13(19-3)15-12(17)10-18-2)14-9-11-7-5-4-6-8-11/h4-9H,10H2,1-3H3. The molecule has 4 nitrogen and oxygen atoms in total. The Balaban J connectivity index is 2.71. The van der Waals surface area contributed by atoms with Crippen LogP contribution in [0.1, 0.15) is 5.56 Å². The van der Waals surface area contributed by atoms with Crippen LogP contribution in [0.2, 0.25) is 0 Å². The molecule has 1 rings (SSSR count). The van der Waals surface area contributed by atoms with Gasteiger partial charge in [-0.15, -0.1) is 0 Å². The number of benzene rings is 1. The largest absolute Gasteiger partial charge is 0.272 e. The normalized spacial score (nSPS) is 11.8. The molecule has 0 aromatic heterocycles. The summed E-state index contributed by atoms with van der Waals surface area (Å²) in [6, 6.07) is 9.79. The van der Waals surface area contributed by atoms with Crippen molar-refractivity contribution in [3.05, 3.63) is 35.9 Å². The van der Waals surface area contributed by atoms with Gasteiger partial charge in [-0.1, -0.05) is 42.1 Å². The van der Waals surface area contributed by atoms with Crippen LogP contribution in [0.4, 0.5) is 0 Å². The van der Waals surface area contributed by atoms with Gasteiger partial charge in [-0.05, 0) is 18.1 Å². The Kier molecular flexibility index (Phi) is 7.28. The number of aliphatic imine (C=N–C) groups is 1. The Morgan fingerprint density at radius 3 is 2.58 bits per heavy atom. The third-order valence-electron chi connectivity index (χ3n) is 2.13. The molecule has 1 aromatic carbocycles. The maximum absolute atomic E-state index is 11.5. The predicted molar refractivity (Wildman–Crippen MR) is 86.1 cm³/mol.